The lowest BCUT2D eigenvalue weighted by atomic mass is 10.1. The van der Waals surface area contributed by atoms with E-state index < -0.39 is 21.8 Å². The molecule has 0 saturated carbocycles. The Labute approximate surface area is 236 Å². The molecule has 0 aliphatic carbocycles. The summed E-state index contributed by atoms with van der Waals surface area (Å²) in [6.07, 6.45) is -3.82. The standard InChI is InChI=1S/C30H29F3N4O3S/c1-20-13-29(27-9-5-6-10-28(27)34-20)35-22-14-21(30(31,32)33)15-25(16-22)40-12-11-36-18-24-17-23(36)19-37(24)41(38,39)26-7-3-2-4-8-26/h2-10,13-16,23-24H,11-12,17-19H2,1H3,(H,34,35)/t23-,24-/m0/s1. The molecule has 2 aliphatic heterocycles. The number of anilines is 2. The van der Waals surface area contributed by atoms with E-state index in [1.165, 1.54) is 0 Å². The van der Waals surface area contributed by atoms with Crippen molar-refractivity contribution < 1.29 is 26.3 Å². The van der Waals surface area contributed by atoms with Gasteiger partial charge in [0.05, 0.1) is 16.0 Å². The van der Waals surface area contributed by atoms with E-state index >= 15 is 0 Å². The number of rotatable bonds is 8. The molecule has 4 aromatic rings. The van der Waals surface area contributed by atoms with Crippen LogP contribution in [0.25, 0.3) is 10.9 Å². The van der Waals surface area contributed by atoms with Crippen molar-refractivity contribution in [2.45, 2.75) is 36.5 Å². The summed E-state index contributed by atoms with van der Waals surface area (Å²) >= 11 is 0. The van der Waals surface area contributed by atoms with Gasteiger partial charge in [0.2, 0.25) is 10.0 Å². The summed E-state index contributed by atoms with van der Waals surface area (Å²) in [6.45, 7) is 3.43. The number of likely N-dealkylation sites (tertiary alicyclic amines) is 1. The molecule has 3 aromatic carbocycles. The first kappa shape index (κ1) is 27.5. The van der Waals surface area contributed by atoms with E-state index in [-0.39, 0.29) is 35.0 Å². The molecule has 41 heavy (non-hydrogen) atoms. The summed E-state index contributed by atoms with van der Waals surface area (Å²) in [4.78, 5) is 6.93. The second-order valence-electron chi connectivity index (χ2n) is 10.5. The lowest BCUT2D eigenvalue weighted by molar-refractivity contribution is -0.137. The Balaban J connectivity index is 1.14. The Hall–Kier alpha value is -3.67. The zero-order valence-corrected chi connectivity index (χ0v) is 23.1. The third kappa shape index (κ3) is 5.61. The van der Waals surface area contributed by atoms with Crippen LogP contribution in [0.1, 0.15) is 17.7 Å². The smallest absolute Gasteiger partial charge is 0.416 e. The van der Waals surface area contributed by atoms with Crippen LogP contribution in [-0.2, 0) is 16.2 Å². The second-order valence-corrected chi connectivity index (χ2v) is 12.4. The molecule has 2 atom stereocenters. The maximum Gasteiger partial charge on any atom is 0.416 e. The minimum absolute atomic E-state index is 0.0454. The topological polar surface area (TPSA) is 74.8 Å². The number of fused-ring (bicyclic) bond motifs is 3. The van der Waals surface area contributed by atoms with Gasteiger partial charge >= 0.3 is 6.18 Å². The number of pyridine rings is 1. The average Bonchev–Trinajstić information content (AvgIpc) is 3.54. The van der Waals surface area contributed by atoms with E-state index in [0.717, 1.165) is 35.2 Å². The van der Waals surface area contributed by atoms with Crippen molar-refractivity contribution in [3.63, 3.8) is 0 Å². The van der Waals surface area contributed by atoms with E-state index in [4.69, 9.17) is 4.74 Å². The molecule has 11 heteroatoms. The average molecular weight is 583 g/mol. The number of aromatic nitrogens is 1. The van der Waals surface area contributed by atoms with Crippen LogP contribution in [0.5, 0.6) is 5.75 Å². The Kier molecular flexibility index (Phi) is 7.13. The van der Waals surface area contributed by atoms with Gasteiger partial charge in [0.1, 0.15) is 12.4 Å². The monoisotopic (exact) mass is 582 g/mol. The second kappa shape index (κ2) is 10.6. The van der Waals surface area contributed by atoms with Gasteiger partial charge in [0.25, 0.3) is 0 Å². The molecular formula is C30H29F3N4O3S. The largest absolute Gasteiger partial charge is 0.492 e. The molecule has 6 rings (SSSR count). The quantitative estimate of drug-likeness (QED) is 0.282. The predicted octanol–water partition coefficient (Wildman–Crippen LogP) is 5.83. The van der Waals surface area contributed by atoms with E-state index in [9.17, 15) is 21.6 Å². The number of nitrogens with zero attached hydrogens (tertiary/aromatic N) is 3. The Morgan fingerprint density at radius 2 is 1.73 bits per heavy atom. The van der Waals surface area contributed by atoms with Crippen LogP contribution in [0.15, 0.2) is 83.8 Å². The summed E-state index contributed by atoms with van der Waals surface area (Å²) < 4.78 is 74.9. The van der Waals surface area contributed by atoms with Gasteiger partial charge in [0.15, 0.2) is 0 Å². The van der Waals surface area contributed by atoms with Crippen LogP contribution in [0, 0.1) is 6.92 Å². The van der Waals surface area contributed by atoms with Gasteiger partial charge in [-0.3, -0.25) is 9.88 Å². The molecular weight excluding hydrogens is 553 g/mol. The summed E-state index contributed by atoms with van der Waals surface area (Å²) in [5.41, 5.74) is 1.59. The number of halogens is 3. The predicted molar refractivity (Wildman–Crippen MR) is 151 cm³/mol. The van der Waals surface area contributed by atoms with Crippen LogP contribution < -0.4 is 10.1 Å². The minimum Gasteiger partial charge on any atom is -0.492 e. The lowest BCUT2D eigenvalue weighted by Crippen LogP contribution is -2.49. The van der Waals surface area contributed by atoms with Gasteiger partial charge in [-0.05, 0) is 49.7 Å². The molecule has 2 aliphatic rings. The molecule has 3 heterocycles. The van der Waals surface area contributed by atoms with Crippen LogP contribution in [-0.4, -0.2) is 60.9 Å². The van der Waals surface area contributed by atoms with Crippen LogP contribution in [0.4, 0.5) is 24.5 Å². The molecule has 0 unspecified atom stereocenters. The van der Waals surface area contributed by atoms with Gasteiger partial charge < -0.3 is 10.1 Å². The number of benzene rings is 3. The van der Waals surface area contributed by atoms with Crippen molar-refractivity contribution in [3.8, 4) is 5.75 Å². The van der Waals surface area contributed by atoms with Crippen LogP contribution in [0.3, 0.4) is 0 Å². The number of sulfonamides is 1. The first-order valence-electron chi connectivity index (χ1n) is 13.4. The van der Waals surface area contributed by atoms with Gasteiger partial charge in [-0.25, -0.2) is 8.42 Å². The summed E-state index contributed by atoms with van der Waals surface area (Å²) in [5.74, 6) is 0.107. The van der Waals surface area contributed by atoms with E-state index in [2.05, 4.69) is 15.2 Å². The first-order chi connectivity index (χ1) is 19.6. The SMILES string of the molecule is Cc1cc(Nc2cc(OCCN3C[C@@H]4C[C@H]3CN4S(=O)(=O)c3ccccc3)cc(C(F)(F)F)c2)c2ccccc2n1. The Bertz CT molecular complexity index is 1680. The van der Waals surface area contributed by atoms with Crippen LogP contribution in [0.2, 0.25) is 0 Å². The first-order valence-corrected chi connectivity index (χ1v) is 14.8. The number of nitrogens with one attached hydrogen (secondary N) is 1. The molecule has 2 fully saturated rings. The molecule has 1 aromatic heterocycles. The van der Waals surface area contributed by atoms with Crippen molar-refractivity contribution in [3.05, 3.63) is 90.1 Å². The van der Waals surface area contributed by atoms with E-state index in [1.54, 1.807) is 46.8 Å². The normalized spacial score (nSPS) is 19.6. The molecule has 7 nitrogen and oxygen atoms in total. The maximum atomic E-state index is 13.8. The third-order valence-electron chi connectivity index (χ3n) is 7.66. The highest BCUT2D eigenvalue weighted by atomic mass is 32.2. The van der Waals surface area contributed by atoms with Crippen molar-refractivity contribution in [1.29, 1.82) is 0 Å². The number of piperazine rings is 1. The number of hydrogen-bond donors (Lipinski definition) is 1. The highest BCUT2D eigenvalue weighted by molar-refractivity contribution is 7.89. The Morgan fingerprint density at radius 1 is 0.976 bits per heavy atom. The number of aryl methyl sites for hydroxylation is 1. The van der Waals surface area contributed by atoms with Crippen molar-refractivity contribution in [1.82, 2.24) is 14.2 Å². The summed E-state index contributed by atoms with van der Waals surface area (Å²) in [6, 6.07) is 21.2. The summed E-state index contributed by atoms with van der Waals surface area (Å²) in [7, 11) is -3.56. The van der Waals surface area contributed by atoms with Gasteiger partial charge in [-0.1, -0.05) is 36.4 Å². The molecule has 1 N–H and O–H groups in total. The third-order valence-corrected chi connectivity index (χ3v) is 9.59. The van der Waals surface area contributed by atoms with E-state index in [0.29, 0.717) is 25.3 Å². The van der Waals surface area contributed by atoms with Crippen molar-refractivity contribution in [2.24, 2.45) is 0 Å². The zero-order valence-electron chi connectivity index (χ0n) is 22.3. The number of alkyl halides is 3. The fourth-order valence-electron chi connectivity index (χ4n) is 5.77. The van der Waals surface area contributed by atoms with E-state index in [1.807, 2.05) is 31.2 Å². The zero-order chi connectivity index (χ0) is 28.8. The van der Waals surface area contributed by atoms with Gasteiger partial charge in [-0.15, -0.1) is 0 Å². The highest BCUT2D eigenvalue weighted by Crippen LogP contribution is 2.37. The molecule has 214 valence electrons. The van der Waals surface area contributed by atoms with Gasteiger partial charge in [0, 0.05) is 60.2 Å². The number of ether oxygens (including phenoxy) is 1. The highest BCUT2D eigenvalue weighted by Gasteiger charge is 2.48. The fraction of sp³-hybridized carbons (Fsp3) is 0.300. The van der Waals surface area contributed by atoms with Crippen LogP contribution >= 0.6 is 0 Å². The summed E-state index contributed by atoms with van der Waals surface area (Å²) in [5, 5.41) is 3.93. The Morgan fingerprint density at radius 3 is 2.46 bits per heavy atom. The molecule has 2 saturated heterocycles. The fourth-order valence-corrected chi connectivity index (χ4v) is 7.46. The molecule has 0 amide bonds. The van der Waals surface area contributed by atoms with Crippen molar-refractivity contribution in [2.75, 3.05) is 31.6 Å². The molecule has 2 bridgehead atoms. The number of para-hydroxylation sites is 1. The lowest BCUT2D eigenvalue weighted by Gasteiger charge is -2.33. The molecule has 0 spiro atoms. The number of hydrogen-bond acceptors (Lipinski definition) is 6. The van der Waals surface area contributed by atoms with Gasteiger partial charge in [-0.2, -0.15) is 17.5 Å². The maximum absolute atomic E-state index is 13.8. The van der Waals surface area contributed by atoms with Crippen molar-refractivity contribution >= 4 is 32.3 Å². The molecule has 0 radical (unpaired) electrons. The minimum atomic E-state index is -4.55.